The van der Waals surface area contributed by atoms with Crippen LogP contribution in [0.4, 0.5) is 0 Å². The average Bonchev–Trinajstić information content (AvgIpc) is 2.67. The quantitative estimate of drug-likeness (QED) is 0.727. The Bertz CT molecular complexity index is 1050. The zero-order valence-electron chi connectivity index (χ0n) is 15.8. The van der Waals surface area contributed by atoms with Crippen LogP contribution < -0.4 is 20.3 Å². The number of rotatable bonds is 5. The predicted molar refractivity (Wildman–Crippen MR) is 105 cm³/mol. The molecule has 0 bridgehead atoms. The highest BCUT2D eigenvalue weighted by Gasteiger charge is 2.11. The number of aromatic nitrogens is 1. The number of ether oxygens (including phenoxy) is 2. The van der Waals surface area contributed by atoms with Gasteiger partial charge in [-0.15, -0.1) is 0 Å². The lowest BCUT2D eigenvalue weighted by molar-refractivity contribution is 0.0950. The van der Waals surface area contributed by atoms with E-state index in [0.717, 1.165) is 22.0 Å². The number of fused-ring (bicyclic) bond motifs is 1. The standard InChI is InChI=1S/C21H22N2O4/c1-12-5-14-7-16(21(25)23-19(14)6-13(12)2)11-22-20(24)15-8-17(26-3)10-18(9-15)27-4/h5-10H,11H2,1-4H3,(H,22,24)(H,23,25). The Labute approximate surface area is 157 Å². The molecule has 1 amide bonds. The zero-order chi connectivity index (χ0) is 19.6. The number of methoxy groups -OCH3 is 2. The van der Waals surface area contributed by atoms with Crippen molar-refractivity contribution in [3.63, 3.8) is 0 Å². The van der Waals surface area contributed by atoms with Crippen LogP contribution in [0.5, 0.6) is 11.5 Å². The fourth-order valence-electron chi connectivity index (χ4n) is 2.87. The van der Waals surface area contributed by atoms with E-state index in [1.807, 2.05) is 32.0 Å². The van der Waals surface area contributed by atoms with E-state index in [2.05, 4.69) is 10.3 Å². The summed E-state index contributed by atoms with van der Waals surface area (Å²) in [5, 5.41) is 3.71. The molecule has 0 aliphatic heterocycles. The van der Waals surface area contributed by atoms with Crippen molar-refractivity contribution in [2.24, 2.45) is 0 Å². The molecule has 1 aromatic heterocycles. The highest BCUT2D eigenvalue weighted by Crippen LogP contribution is 2.22. The summed E-state index contributed by atoms with van der Waals surface area (Å²) in [5.41, 5.74) is 3.73. The molecule has 0 aliphatic carbocycles. The lowest BCUT2D eigenvalue weighted by Crippen LogP contribution is -2.26. The van der Waals surface area contributed by atoms with Gasteiger partial charge in [-0.05, 0) is 60.7 Å². The third-order valence-electron chi connectivity index (χ3n) is 4.59. The van der Waals surface area contributed by atoms with Crippen LogP contribution in [0.25, 0.3) is 10.9 Å². The maximum absolute atomic E-state index is 12.5. The molecule has 0 radical (unpaired) electrons. The van der Waals surface area contributed by atoms with Gasteiger partial charge in [0.1, 0.15) is 11.5 Å². The maximum Gasteiger partial charge on any atom is 0.253 e. The summed E-state index contributed by atoms with van der Waals surface area (Å²) < 4.78 is 10.4. The minimum Gasteiger partial charge on any atom is -0.497 e. The van der Waals surface area contributed by atoms with Gasteiger partial charge >= 0.3 is 0 Å². The van der Waals surface area contributed by atoms with Crippen molar-refractivity contribution < 1.29 is 14.3 Å². The van der Waals surface area contributed by atoms with Crippen LogP contribution in [0.15, 0.2) is 41.2 Å². The van der Waals surface area contributed by atoms with Gasteiger partial charge in [-0.25, -0.2) is 0 Å². The molecule has 3 aromatic rings. The number of hydrogen-bond acceptors (Lipinski definition) is 4. The van der Waals surface area contributed by atoms with Gasteiger partial charge in [-0.2, -0.15) is 0 Å². The molecule has 6 heteroatoms. The van der Waals surface area contributed by atoms with Gasteiger partial charge in [-0.3, -0.25) is 9.59 Å². The molecule has 3 rings (SSSR count). The molecule has 27 heavy (non-hydrogen) atoms. The number of carbonyl (C=O) groups is 1. The first-order chi connectivity index (χ1) is 12.9. The molecular weight excluding hydrogens is 344 g/mol. The summed E-state index contributed by atoms with van der Waals surface area (Å²) in [5.74, 6) is 0.731. The number of H-pyrrole nitrogens is 1. The fourth-order valence-corrected chi connectivity index (χ4v) is 2.87. The third-order valence-corrected chi connectivity index (χ3v) is 4.59. The number of amides is 1. The number of aryl methyl sites for hydroxylation is 2. The molecule has 0 unspecified atom stereocenters. The van der Waals surface area contributed by atoms with Crippen LogP contribution in [0.3, 0.4) is 0 Å². The molecule has 0 atom stereocenters. The molecule has 0 fully saturated rings. The van der Waals surface area contributed by atoms with E-state index in [9.17, 15) is 9.59 Å². The molecule has 0 saturated carbocycles. The Morgan fingerprint density at radius 1 is 0.963 bits per heavy atom. The summed E-state index contributed by atoms with van der Waals surface area (Å²) in [6.45, 7) is 4.15. The van der Waals surface area contributed by atoms with E-state index in [-0.39, 0.29) is 18.0 Å². The first-order valence-corrected chi connectivity index (χ1v) is 8.55. The zero-order valence-corrected chi connectivity index (χ0v) is 15.8. The van der Waals surface area contributed by atoms with Gasteiger partial charge in [0.2, 0.25) is 0 Å². The van der Waals surface area contributed by atoms with Crippen molar-refractivity contribution in [1.29, 1.82) is 0 Å². The second kappa shape index (κ2) is 7.53. The summed E-state index contributed by atoms with van der Waals surface area (Å²) in [6, 6.07) is 10.7. The Morgan fingerprint density at radius 3 is 2.22 bits per heavy atom. The van der Waals surface area contributed by atoms with Crippen molar-refractivity contribution in [3.05, 3.63) is 69.0 Å². The van der Waals surface area contributed by atoms with Crippen LogP contribution in [0.1, 0.15) is 27.0 Å². The maximum atomic E-state index is 12.5. The van der Waals surface area contributed by atoms with E-state index in [1.165, 1.54) is 14.2 Å². The first-order valence-electron chi connectivity index (χ1n) is 8.55. The molecular formula is C21H22N2O4. The summed E-state index contributed by atoms with van der Waals surface area (Å²) in [6.07, 6.45) is 0. The van der Waals surface area contributed by atoms with Gasteiger partial charge in [0.05, 0.1) is 14.2 Å². The second-order valence-corrected chi connectivity index (χ2v) is 6.43. The summed E-state index contributed by atoms with van der Waals surface area (Å²) in [7, 11) is 3.05. The fraction of sp³-hybridized carbons (Fsp3) is 0.238. The predicted octanol–water partition coefficient (Wildman–Crippen LogP) is 3.09. The smallest absolute Gasteiger partial charge is 0.253 e. The van der Waals surface area contributed by atoms with Crippen molar-refractivity contribution >= 4 is 16.8 Å². The molecule has 2 aromatic carbocycles. The number of aromatic amines is 1. The van der Waals surface area contributed by atoms with Gasteiger partial charge in [-0.1, -0.05) is 0 Å². The normalized spacial score (nSPS) is 10.7. The minimum atomic E-state index is -0.313. The highest BCUT2D eigenvalue weighted by atomic mass is 16.5. The van der Waals surface area contributed by atoms with Crippen molar-refractivity contribution in [2.45, 2.75) is 20.4 Å². The van der Waals surface area contributed by atoms with Gasteiger partial charge in [0, 0.05) is 29.3 Å². The molecule has 0 spiro atoms. The number of nitrogens with one attached hydrogen (secondary N) is 2. The SMILES string of the molecule is COc1cc(OC)cc(C(=O)NCc2cc3cc(C)c(C)cc3[nH]c2=O)c1. The molecule has 6 nitrogen and oxygen atoms in total. The minimum absolute atomic E-state index is 0.122. The Hall–Kier alpha value is -3.28. The molecule has 140 valence electrons. The second-order valence-electron chi connectivity index (χ2n) is 6.43. The number of benzene rings is 2. The Balaban J connectivity index is 1.84. The number of carbonyl (C=O) groups excluding carboxylic acids is 1. The largest absolute Gasteiger partial charge is 0.497 e. The van der Waals surface area contributed by atoms with E-state index in [0.29, 0.717) is 22.6 Å². The van der Waals surface area contributed by atoms with Crippen LogP contribution in [-0.4, -0.2) is 25.1 Å². The highest BCUT2D eigenvalue weighted by molar-refractivity contribution is 5.95. The first kappa shape index (κ1) is 18.5. The molecule has 2 N–H and O–H groups in total. The van der Waals surface area contributed by atoms with Crippen LogP contribution >= 0.6 is 0 Å². The summed E-state index contributed by atoms with van der Waals surface area (Å²) in [4.78, 5) is 27.7. The van der Waals surface area contributed by atoms with E-state index < -0.39 is 0 Å². The lowest BCUT2D eigenvalue weighted by Gasteiger charge is -2.10. The van der Waals surface area contributed by atoms with Crippen LogP contribution in [0.2, 0.25) is 0 Å². The van der Waals surface area contributed by atoms with E-state index in [4.69, 9.17) is 9.47 Å². The van der Waals surface area contributed by atoms with Gasteiger partial charge in [0.25, 0.3) is 11.5 Å². The number of hydrogen-bond donors (Lipinski definition) is 2. The molecule has 0 aliphatic rings. The van der Waals surface area contributed by atoms with Crippen molar-refractivity contribution in [3.8, 4) is 11.5 Å². The van der Waals surface area contributed by atoms with Crippen molar-refractivity contribution in [2.75, 3.05) is 14.2 Å². The van der Waals surface area contributed by atoms with Gasteiger partial charge in [0.15, 0.2) is 0 Å². The lowest BCUT2D eigenvalue weighted by atomic mass is 10.0. The van der Waals surface area contributed by atoms with Gasteiger partial charge < -0.3 is 19.8 Å². The van der Waals surface area contributed by atoms with E-state index in [1.54, 1.807) is 18.2 Å². The third kappa shape index (κ3) is 3.95. The molecule has 0 saturated heterocycles. The summed E-state index contributed by atoms with van der Waals surface area (Å²) >= 11 is 0. The number of pyridine rings is 1. The monoisotopic (exact) mass is 366 g/mol. The van der Waals surface area contributed by atoms with Crippen LogP contribution in [-0.2, 0) is 6.54 Å². The molecule has 1 heterocycles. The Morgan fingerprint density at radius 2 is 1.59 bits per heavy atom. The topological polar surface area (TPSA) is 80.4 Å². The average molecular weight is 366 g/mol. The Kier molecular flexibility index (Phi) is 5.16. The van der Waals surface area contributed by atoms with E-state index >= 15 is 0 Å². The van der Waals surface area contributed by atoms with Crippen LogP contribution in [0, 0.1) is 13.8 Å². The van der Waals surface area contributed by atoms with Crippen molar-refractivity contribution in [1.82, 2.24) is 10.3 Å².